The van der Waals surface area contributed by atoms with Crippen LogP contribution in [0.15, 0.2) is 141 Å². The lowest BCUT2D eigenvalue weighted by Gasteiger charge is -2.59. The average molecular weight is 1500 g/mol. The van der Waals surface area contributed by atoms with Gasteiger partial charge in [0.25, 0.3) is 40.5 Å². The second-order valence-corrected chi connectivity index (χ2v) is 36.1. The minimum absolute atomic E-state index is 0.000464. The van der Waals surface area contributed by atoms with Crippen LogP contribution >= 0.6 is 0 Å². The minimum atomic E-state index is -4.65. The standard InChI is InChI=1S/C76H105N7O16S4/c1-73(2,59(53-28-15-10-16-29-53)30-17-12-24-41-80-81-77)55-47-66(98-8)72(67(48-55)99-9)58-46-54(60-51-61(58)74(60,3)4)52-79-71(85)34-20-13-23-40-78-70(84)33-21-14-25-42-83-65-38-36-57(103(95,96)97)50-63(65)76(7,39-22-26-44-100(86,87)88)69(83)32-19-11-18-31-68-75(5,6)62-49-56(102(92,93)94)35-37-64(62)82(68)43-27-45-101(89,90)91/h10-11,15-16,18-19,28-29,31-32,35-38,46-48,50,58-62H,12-14,17,20-27,30,33-34,39-45,49,51-52H2,1-9H3,(H5-,78,79,84,85,86,87,88,89,90,91,92,93,94,95,96,97)/p+1/t58-,59+,60+,61-,62?,76?/m0/s1. The van der Waals surface area contributed by atoms with Crippen molar-refractivity contribution in [1.29, 1.82) is 0 Å². The normalized spacial score (nSPS) is 21.5. The van der Waals surface area contributed by atoms with Gasteiger partial charge < -0.3 is 25.0 Å². The van der Waals surface area contributed by atoms with E-state index >= 15 is 0 Å². The summed E-state index contributed by atoms with van der Waals surface area (Å²) < 4.78 is 151. The van der Waals surface area contributed by atoms with Crippen molar-refractivity contribution >= 4 is 63.7 Å². The Hall–Kier alpha value is -6.94. The van der Waals surface area contributed by atoms with Crippen molar-refractivity contribution in [1.82, 2.24) is 15.5 Å². The summed E-state index contributed by atoms with van der Waals surface area (Å²) in [6.45, 7) is 17.0. The Morgan fingerprint density at radius 3 is 2.03 bits per heavy atom. The fourth-order valence-electron chi connectivity index (χ4n) is 16.5. The first-order chi connectivity index (χ1) is 48.5. The Balaban J connectivity index is 0.864. The minimum Gasteiger partial charge on any atom is -0.496 e. The SMILES string of the molecule is COc1cc(C(C)(C)[C@H](CCCCCN=[N+]=[N-])c2ccccc2)cc(OC)c1[C@H]1C=C(CNC(=O)CCCCCNC(=O)CCCCC[N+]2=C(/C=C/C=C/C=C3/N(CCCS(=O)(=O)O)C4=CC=C(S(=O)(=O)O)CC4C3(C)C)C(C)(CCCCS(=O)(=O)O)c3cc(S(=O)(=O)O)ccc32)[C@H]2C[C@@H]1C2(C)C. The van der Waals surface area contributed by atoms with Gasteiger partial charge in [0, 0.05) is 102 Å². The highest BCUT2D eigenvalue weighted by Crippen LogP contribution is 2.65. The van der Waals surface area contributed by atoms with Crippen molar-refractivity contribution in [2.45, 2.75) is 192 Å². The fraction of sp³-hybridized carbons (Fsp3) is 0.566. The number of likely N-dealkylation sites (tertiary alicyclic amines) is 1. The quantitative estimate of drug-likeness (QED) is 0.00450. The number of methoxy groups -OCH3 is 2. The van der Waals surface area contributed by atoms with Gasteiger partial charge >= 0.3 is 0 Å². The molecule has 23 nitrogen and oxygen atoms in total. The largest absolute Gasteiger partial charge is 0.496 e. The zero-order valence-corrected chi connectivity index (χ0v) is 64.3. The molecule has 2 aliphatic heterocycles. The van der Waals surface area contributed by atoms with E-state index < -0.39 is 68.7 Å². The smallest absolute Gasteiger partial charge is 0.294 e. The van der Waals surface area contributed by atoms with E-state index in [2.05, 4.69) is 95.4 Å². The van der Waals surface area contributed by atoms with E-state index in [9.17, 15) is 61.5 Å². The molecule has 6 N–H and O–H groups in total. The Labute approximate surface area is 610 Å². The lowest BCUT2D eigenvalue weighted by Crippen LogP contribution is -2.52. The number of hydrogen-bond donors (Lipinski definition) is 6. The Morgan fingerprint density at radius 1 is 0.748 bits per heavy atom. The van der Waals surface area contributed by atoms with E-state index in [1.54, 1.807) is 44.6 Å². The van der Waals surface area contributed by atoms with Gasteiger partial charge in [0.05, 0.1) is 40.9 Å². The Morgan fingerprint density at radius 2 is 1.40 bits per heavy atom. The molecule has 3 aromatic carbocycles. The lowest BCUT2D eigenvalue weighted by molar-refractivity contribution is -0.438. The number of nitrogens with one attached hydrogen (secondary N) is 2. The molecular formula is C76H106N7O16S4+. The highest BCUT2D eigenvalue weighted by molar-refractivity contribution is 7.89. The topological polar surface area (TPSA) is 349 Å². The first-order valence-electron chi connectivity index (χ1n) is 35.9. The molecule has 2 fully saturated rings. The van der Waals surface area contributed by atoms with E-state index in [1.165, 1.54) is 29.3 Å². The van der Waals surface area contributed by atoms with Crippen LogP contribution < -0.4 is 20.1 Å². The van der Waals surface area contributed by atoms with Crippen LogP contribution in [-0.2, 0) is 60.9 Å². The number of nitrogens with zero attached hydrogens (tertiary/aromatic N) is 5. The van der Waals surface area contributed by atoms with E-state index in [-0.39, 0.29) is 76.5 Å². The summed E-state index contributed by atoms with van der Waals surface area (Å²) in [5.41, 5.74) is 14.8. The first-order valence-corrected chi connectivity index (χ1v) is 42.0. The van der Waals surface area contributed by atoms with Crippen LogP contribution in [0.25, 0.3) is 10.4 Å². The molecule has 2 bridgehead atoms. The van der Waals surface area contributed by atoms with Gasteiger partial charge in [-0.05, 0) is 165 Å². The van der Waals surface area contributed by atoms with Crippen LogP contribution in [-0.4, -0.2) is 137 Å². The second-order valence-electron chi connectivity index (χ2n) is 30.0. The molecule has 6 aliphatic rings. The first kappa shape index (κ1) is 81.7. The van der Waals surface area contributed by atoms with Gasteiger partial charge in [0.1, 0.15) is 18.0 Å². The molecule has 1 saturated carbocycles. The number of azide groups is 1. The number of carbonyl (C=O) groups is 2. The Bertz CT molecular complexity index is 4320. The highest BCUT2D eigenvalue weighted by atomic mass is 32.2. The van der Waals surface area contributed by atoms with Gasteiger partial charge in [-0.3, -0.25) is 27.8 Å². The Kier molecular flexibility index (Phi) is 27.4. The second kappa shape index (κ2) is 34.5. The highest BCUT2D eigenvalue weighted by Gasteiger charge is 2.57. The average Bonchev–Trinajstić information content (AvgIpc) is 1.60. The molecule has 4 aliphatic carbocycles. The maximum Gasteiger partial charge on any atom is 0.294 e. The van der Waals surface area contributed by atoms with E-state index in [4.69, 9.17) is 15.0 Å². The summed E-state index contributed by atoms with van der Waals surface area (Å²) in [6, 6.07) is 19.4. The molecule has 1 saturated heterocycles. The molecule has 564 valence electrons. The van der Waals surface area contributed by atoms with Crippen LogP contribution in [0.3, 0.4) is 0 Å². The third-order valence-electron chi connectivity index (χ3n) is 22.3. The predicted molar refractivity (Wildman–Crippen MR) is 401 cm³/mol. The molecule has 2 amide bonds. The molecule has 103 heavy (non-hydrogen) atoms. The number of ether oxygens (including phenoxy) is 2. The van der Waals surface area contributed by atoms with Crippen molar-refractivity contribution in [2.24, 2.45) is 33.7 Å². The van der Waals surface area contributed by atoms with Gasteiger partial charge in [0.2, 0.25) is 17.5 Å². The molecule has 6 atom stereocenters. The molecule has 9 rings (SSSR count). The van der Waals surface area contributed by atoms with E-state index in [1.807, 2.05) is 43.9 Å². The number of carbonyl (C=O) groups excluding carboxylic acids is 2. The van der Waals surface area contributed by atoms with Crippen molar-refractivity contribution < 1.29 is 75.5 Å². The lowest BCUT2D eigenvalue weighted by atomic mass is 9.45. The van der Waals surface area contributed by atoms with E-state index in [0.29, 0.717) is 101 Å². The zero-order chi connectivity index (χ0) is 75.3. The summed E-state index contributed by atoms with van der Waals surface area (Å²) in [7, 11) is -14.3. The van der Waals surface area contributed by atoms with Gasteiger partial charge in [-0.15, -0.1) is 0 Å². The molecule has 0 aromatic heterocycles. The predicted octanol–water partition coefficient (Wildman–Crippen LogP) is 14.3. The van der Waals surface area contributed by atoms with Crippen LogP contribution in [0.5, 0.6) is 11.5 Å². The third-order valence-corrected chi connectivity index (χ3v) is 25.7. The molecule has 2 unspecified atom stereocenters. The maximum absolute atomic E-state index is 13.4. The summed E-state index contributed by atoms with van der Waals surface area (Å²) in [5, 5.41) is 9.99. The van der Waals surface area contributed by atoms with Crippen LogP contribution in [0.4, 0.5) is 5.69 Å². The zero-order valence-electron chi connectivity index (χ0n) is 61.0. The van der Waals surface area contributed by atoms with Gasteiger partial charge in [0.15, 0.2) is 5.71 Å². The number of benzene rings is 3. The van der Waals surface area contributed by atoms with Crippen molar-refractivity contribution in [2.75, 3.05) is 58.4 Å². The number of allylic oxidation sites excluding steroid dienone is 11. The summed E-state index contributed by atoms with van der Waals surface area (Å²) in [6.07, 6.45) is 24.4. The fourth-order valence-corrected chi connectivity index (χ4v) is 18.7. The number of fused-ring (bicyclic) bond motifs is 3. The molecule has 0 spiro atoms. The summed E-state index contributed by atoms with van der Waals surface area (Å²) in [4.78, 5) is 30.9. The monoisotopic (exact) mass is 1500 g/mol. The molecular weight excluding hydrogens is 1400 g/mol. The third kappa shape index (κ3) is 20.4. The summed E-state index contributed by atoms with van der Waals surface area (Å²) in [5.74, 6) is 0.944. The van der Waals surface area contributed by atoms with Crippen molar-refractivity contribution in [3.8, 4) is 11.5 Å². The molecule has 0 radical (unpaired) electrons. The number of rotatable bonds is 40. The van der Waals surface area contributed by atoms with Gasteiger partial charge in [-0.25, -0.2) is 0 Å². The number of unbranched alkanes of at least 4 members (excludes halogenated alkanes) is 7. The van der Waals surface area contributed by atoms with Crippen molar-refractivity contribution in [3.05, 3.63) is 164 Å². The summed E-state index contributed by atoms with van der Waals surface area (Å²) >= 11 is 0. The van der Waals surface area contributed by atoms with Gasteiger partial charge in [-0.1, -0.05) is 133 Å². The van der Waals surface area contributed by atoms with Crippen molar-refractivity contribution in [3.63, 3.8) is 0 Å². The van der Waals surface area contributed by atoms with Crippen LogP contribution in [0.1, 0.15) is 198 Å². The maximum atomic E-state index is 13.4. The van der Waals surface area contributed by atoms with Crippen LogP contribution in [0.2, 0.25) is 0 Å². The molecule has 2 heterocycles. The van der Waals surface area contributed by atoms with E-state index in [0.717, 1.165) is 78.3 Å². The number of amides is 2. The molecule has 27 heteroatoms. The van der Waals surface area contributed by atoms with Crippen LogP contribution in [0, 0.1) is 28.6 Å². The van der Waals surface area contributed by atoms with Gasteiger partial charge in [-0.2, -0.15) is 38.2 Å². The number of hydrogen-bond acceptors (Lipinski definition) is 14. The molecule has 3 aromatic rings.